The van der Waals surface area contributed by atoms with Crippen LogP contribution in [0.4, 0.5) is 0 Å². The second-order valence-electron chi connectivity index (χ2n) is 2.69. The molecule has 0 aromatic carbocycles. The van der Waals surface area contributed by atoms with Gasteiger partial charge >= 0.3 is 0 Å². The minimum absolute atomic E-state index is 0.000136. The van der Waals surface area contributed by atoms with Gasteiger partial charge in [0.1, 0.15) is 13.6 Å². The van der Waals surface area contributed by atoms with E-state index in [0.29, 0.717) is 0 Å². The van der Waals surface area contributed by atoms with Gasteiger partial charge in [0, 0.05) is 0 Å². The Morgan fingerprint density at radius 3 is 1.28 bits per heavy atom. The van der Waals surface area contributed by atoms with Crippen molar-refractivity contribution in [1.29, 1.82) is 0 Å². The van der Waals surface area contributed by atoms with Gasteiger partial charge in [-0.05, 0) is 0 Å². The molecule has 9 nitrogen and oxygen atoms in total. The van der Waals surface area contributed by atoms with Gasteiger partial charge in [-0.2, -0.15) is 0 Å². The smallest absolute Gasteiger partial charge is 0.152 e. The van der Waals surface area contributed by atoms with Gasteiger partial charge in [-0.15, -0.1) is 0 Å². The van der Waals surface area contributed by atoms with Gasteiger partial charge in [0.15, 0.2) is 34.0 Å². The summed E-state index contributed by atoms with van der Waals surface area (Å²) < 4.78 is 33.6. The van der Waals surface area contributed by atoms with Crippen molar-refractivity contribution in [3.8, 4) is 0 Å². The van der Waals surface area contributed by atoms with Gasteiger partial charge in [0.05, 0.1) is 13.2 Å². The lowest BCUT2D eigenvalue weighted by Crippen LogP contribution is -2.11. The van der Waals surface area contributed by atoms with Crippen LogP contribution in [0.3, 0.4) is 0 Å². The molecule has 0 saturated heterocycles. The Morgan fingerprint density at radius 1 is 0.500 bits per heavy atom. The Balaban J connectivity index is 2.86. The van der Waals surface area contributed by atoms with Crippen molar-refractivity contribution in [2.75, 3.05) is 60.8 Å². The first-order chi connectivity index (χ1) is 8.91. The van der Waals surface area contributed by atoms with Crippen LogP contribution >= 0.6 is 0 Å². The van der Waals surface area contributed by atoms with Crippen molar-refractivity contribution in [2.24, 2.45) is 0 Å². The molecule has 0 aromatic heterocycles. The van der Waals surface area contributed by atoms with Crippen LogP contribution in [-0.2, 0) is 33.2 Å². The van der Waals surface area contributed by atoms with Crippen LogP contribution in [0.2, 0.25) is 0 Å². The standard InChI is InChI=1S/C9H20O9/c10-1-2-12-4-14-6-16-8-18-9-17-7-15-5-13-3-11/h10-11H,1-9H2. The molecule has 0 aromatic rings. The Kier molecular flexibility index (Phi) is 16.3. The molecule has 0 radical (unpaired) electrons. The van der Waals surface area contributed by atoms with Crippen molar-refractivity contribution < 1.29 is 43.4 Å². The zero-order valence-corrected chi connectivity index (χ0v) is 10.1. The average Bonchev–Trinajstić information content (AvgIpc) is 2.39. The highest BCUT2D eigenvalue weighted by atomic mass is 16.8. The lowest BCUT2D eigenvalue weighted by Gasteiger charge is -2.08. The first-order valence-electron chi connectivity index (χ1n) is 5.17. The lowest BCUT2D eigenvalue weighted by molar-refractivity contribution is -0.219. The number of rotatable bonds is 15. The fourth-order valence-electron chi connectivity index (χ4n) is 0.684. The Bertz CT molecular complexity index is 130. The molecule has 0 rings (SSSR count). The van der Waals surface area contributed by atoms with E-state index >= 15 is 0 Å². The number of ether oxygens (including phenoxy) is 7. The number of hydrogen-bond acceptors (Lipinski definition) is 9. The molecule has 0 amide bonds. The molecule has 2 N–H and O–H groups in total. The minimum Gasteiger partial charge on any atom is -0.394 e. The molecule has 0 aliphatic heterocycles. The molecule has 0 fully saturated rings. The summed E-state index contributed by atoms with van der Waals surface area (Å²) in [6, 6.07) is 0. The van der Waals surface area contributed by atoms with Crippen LogP contribution < -0.4 is 0 Å². The molecule has 110 valence electrons. The maximum absolute atomic E-state index is 8.38. The summed E-state index contributed by atoms with van der Waals surface area (Å²) in [6.07, 6.45) is 0. The van der Waals surface area contributed by atoms with E-state index in [1.807, 2.05) is 0 Å². The van der Waals surface area contributed by atoms with E-state index in [-0.39, 0.29) is 54.0 Å². The third-order valence-corrected chi connectivity index (χ3v) is 1.33. The summed E-state index contributed by atoms with van der Waals surface area (Å²) in [5.74, 6) is 0. The maximum Gasteiger partial charge on any atom is 0.152 e. The third kappa shape index (κ3) is 15.6. The van der Waals surface area contributed by atoms with E-state index in [4.69, 9.17) is 38.6 Å². The van der Waals surface area contributed by atoms with Crippen molar-refractivity contribution in [2.45, 2.75) is 0 Å². The highest BCUT2D eigenvalue weighted by Crippen LogP contribution is 1.85. The van der Waals surface area contributed by atoms with Crippen molar-refractivity contribution in [1.82, 2.24) is 0 Å². The van der Waals surface area contributed by atoms with Crippen LogP contribution in [0.25, 0.3) is 0 Å². The topological polar surface area (TPSA) is 105 Å². The molecular weight excluding hydrogens is 252 g/mol. The number of aliphatic hydroxyl groups is 2. The SMILES string of the molecule is OCCOCOCOCOCOCOCOCO. The molecule has 0 saturated carbocycles. The zero-order chi connectivity index (χ0) is 13.3. The van der Waals surface area contributed by atoms with Crippen LogP contribution in [0.1, 0.15) is 0 Å². The van der Waals surface area contributed by atoms with Crippen molar-refractivity contribution in [3.05, 3.63) is 0 Å². The van der Waals surface area contributed by atoms with Gasteiger partial charge in [-0.3, -0.25) is 0 Å². The fourth-order valence-corrected chi connectivity index (χ4v) is 0.684. The Morgan fingerprint density at radius 2 is 0.889 bits per heavy atom. The van der Waals surface area contributed by atoms with Gasteiger partial charge in [0.2, 0.25) is 0 Å². The van der Waals surface area contributed by atoms with E-state index in [0.717, 1.165) is 0 Å². The Labute approximate surface area is 105 Å². The van der Waals surface area contributed by atoms with E-state index in [1.54, 1.807) is 0 Å². The van der Waals surface area contributed by atoms with Crippen LogP contribution in [0.5, 0.6) is 0 Å². The second kappa shape index (κ2) is 16.6. The van der Waals surface area contributed by atoms with Gasteiger partial charge in [0.25, 0.3) is 0 Å². The third-order valence-electron chi connectivity index (χ3n) is 1.33. The number of aliphatic hydroxyl groups excluding tert-OH is 2. The zero-order valence-electron chi connectivity index (χ0n) is 10.1. The van der Waals surface area contributed by atoms with E-state index < -0.39 is 6.79 Å². The highest BCUT2D eigenvalue weighted by Gasteiger charge is 1.91. The molecule has 0 aliphatic rings. The number of hydrogen-bond donors (Lipinski definition) is 2. The van der Waals surface area contributed by atoms with Crippen molar-refractivity contribution in [3.63, 3.8) is 0 Å². The molecular formula is C9H20O9. The monoisotopic (exact) mass is 272 g/mol. The van der Waals surface area contributed by atoms with Crippen LogP contribution in [0.15, 0.2) is 0 Å². The largest absolute Gasteiger partial charge is 0.394 e. The van der Waals surface area contributed by atoms with E-state index in [1.165, 1.54) is 0 Å². The predicted molar refractivity (Wildman–Crippen MR) is 55.8 cm³/mol. The molecule has 0 spiro atoms. The summed E-state index contributed by atoms with van der Waals surface area (Å²) in [5, 5.41) is 16.6. The fraction of sp³-hybridized carbons (Fsp3) is 1.00. The molecule has 0 bridgehead atoms. The minimum atomic E-state index is -0.396. The summed E-state index contributed by atoms with van der Waals surface area (Å²) in [5.41, 5.74) is 0. The van der Waals surface area contributed by atoms with Crippen LogP contribution in [-0.4, -0.2) is 71.0 Å². The first-order valence-corrected chi connectivity index (χ1v) is 5.17. The average molecular weight is 272 g/mol. The van der Waals surface area contributed by atoms with Crippen LogP contribution in [0, 0.1) is 0 Å². The summed E-state index contributed by atoms with van der Waals surface area (Å²) >= 11 is 0. The lowest BCUT2D eigenvalue weighted by atomic mass is 10.8. The summed E-state index contributed by atoms with van der Waals surface area (Å²) in [4.78, 5) is 0. The maximum atomic E-state index is 8.38. The molecule has 9 heteroatoms. The molecule has 0 aliphatic carbocycles. The van der Waals surface area contributed by atoms with Crippen molar-refractivity contribution >= 4 is 0 Å². The molecule has 0 atom stereocenters. The summed E-state index contributed by atoms with van der Waals surface area (Å²) in [6.45, 7) is -0.192. The predicted octanol–water partition coefficient (Wildman–Crippen LogP) is -1.21. The summed E-state index contributed by atoms with van der Waals surface area (Å²) in [7, 11) is 0. The normalized spacial score (nSPS) is 11.0. The molecule has 18 heavy (non-hydrogen) atoms. The highest BCUT2D eigenvalue weighted by molar-refractivity contribution is 4.17. The quantitative estimate of drug-likeness (QED) is 0.280. The van der Waals surface area contributed by atoms with Gasteiger partial charge < -0.3 is 43.4 Å². The van der Waals surface area contributed by atoms with E-state index in [2.05, 4.69) is 4.74 Å². The molecule has 0 heterocycles. The Hall–Kier alpha value is -0.360. The van der Waals surface area contributed by atoms with Gasteiger partial charge in [-0.1, -0.05) is 0 Å². The molecule has 0 unspecified atom stereocenters. The van der Waals surface area contributed by atoms with E-state index in [9.17, 15) is 0 Å². The van der Waals surface area contributed by atoms with Gasteiger partial charge in [-0.25, -0.2) is 0 Å². The second-order valence-corrected chi connectivity index (χ2v) is 2.69. The first kappa shape index (κ1) is 17.6.